The molecular weight excluding hydrogens is 260 g/mol. The summed E-state index contributed by atoms with van der Waals surface area (Å²) >= 11 is 0. The molecule has 2 heteroatoms. The van der Waals surface area contributed by atoms with Crippen molar-refractivity contribution in [1.29, 1.82) is 0 Å². The number of rotatable bonds is 7. The minimum atomic E-state index is -1.58. The van der Waals surface area contributed by atoms with Crippen LogP contribution in [0.25, 0.3) is 0 Å². The Labute approximate surface area is 128 Å². The van der Waals surface area contributed by atoms with Crippen LogP contribution >= 0.6 is 0 Å². The topological polar surface area (TPSA) is 9.23 Å². The molecule has 0 aliphatic carbocycles. The molecule has 0 bridgehead atoms. The average molecular weight is 295 g/mol. The molecule has 0 spiro atoms. The number of hydrogen-bond donors (Lipinski definition) is 0. The van der Waals surface area contributed by atoms with Crippen molar-refractivity contribution in [3.8, 4) is 11.5 Å². The van der Waals surface area contributed by atoms with Gasteiger partial charge in [-0.2, -0.15) is 0 Å². The van der Waals surface area contributed by atoms with Crippen molar-refractivity contribution in [2.75, 3.05) is 6.61 Å². The normalized spacial score (nSPS) is 14.2. The second kappa shape index (κ2) is 9.42. The lowest BCUT2D eigenvalue weighted by Gasteiger charge is -2.38. The van der Waals surface area contributed by atoms with E-state index in [2.05, 4.69) is 79.0 Å². The zero-order valence-corrected chi connectivity index (χ0v) is 15.8. The van der Waals surface area contributed by atoms with Crippen LogP contribution in [0, 0.1) is 11.5 Å². The molecule has 0 heterocycles. The Bertz CT molecular complexity index is 322. The van der Waals surface area contributed by atoms with E-state index in [0.717, 1.165) is 6.42 Å². The second-order valence-electron chi connectivity index (χ2n) is 6.55. The van der Waals surface area contributed by atoms with E-state index < -0.39 is 8.07 Å². The maximum atomic E-state index is 5.74. The highest BCUT2D eigenvalue weighted by atomic mass is 28.3. The highest BCUT2D eigenvalue weighted by Gasteiger charge is 2.41. The van der Waals surface area contributed by atoms with Gasteiger partial charge in [0.1, 0.15) is 14.7 Å². The lowest BCUT2D eigenvalue weighted by molar-refractivity contribution is 0.127. The van der Waals surface area contributed by atoms with E-state index in [4.69, 9.17) is 4.74 Å². The minimum Gasteiger partial charge on any atom is -0.362 e. The predicted octanol–water partition coefficient (Wildman–Crippen LogP) is 5.58. The first kappa shape index (κ1) is 19.5. The van der Waals surface area contributed by atoms with Crippen molar-refractivity contribution < 1.29 is 4.74 Å². The monoisotopic (exact) mass is 294 g/mol. The largest absolute Gasteiger partial charge is 0.362 e. The molecule has 116 valence electrons. The zero-order chi connectivity index (χ0) is 15.8. The zero-order valence-electron chi connectivity index (χ0n) is 14.8. The van der Waals surface area contributed by atoms with Gasteiger partial charge < -0.3 is 4.74 Å². The van der Waals surface area contributed by atoms with E-state index in [1.165, 1.54) is 0 Å². The summed E-state index contributed by atoms with van der Waals surface area (Å²) in [5.74, 6) is 3.33. The maximum Gasteiger partial charge on any atom is 0.146 e. The first-order chi connectivity index (χ1) is 9.28. The molecule has 0 unspecified atom stereocenters. The van der Waals surface area contributed by atoms with E-state index in [-0.39, 0.29) is 6.10 Å². The summed E-state index contributed by atoms with van der Waals surface area (Å²) < 4.78 is 5.74. The minimum absolute atomic E-state index is 0.164. The molecule has 0 aliphatic rings. The fraction of sp³-hybridized carbons (Fsp3) is 0.778. The van der Waals surface area contributed by atoms with Gasteiger partial charge in [0.05, 0.1) is 6.10 Å². The van der Waals surface area contributed by atoms with Crippen LogP contribution in [0.4, 0.5) is 0 Å². The molecule has 0 aromatic rings. The van der Waals surface area contributed by atoms with E-state index in [1.807, 2.05) is 0 Å². The summed E-state index contributed by atoms with van der Waals surface area (Å²) in [6, 6.07) is 0. The standard InChI is InChI=1S/C18H34OSi/c1-9-10-12-18(8)19-13-11-14-20(15(2)3,16(4)5)17(6)7/h10,12,15-18H,9,13H2,1-8H3/b12-10-/t18-/m0/s1. The maximum absolute atomic E-state index is 5.74. The summed E-state index contributed by atoms with van der Waals surface area (Å²) in [5.41, 5.74) is 5.75. The summed E-state index contributed by atoms with van der Waals surface area (Å²) in [7, 11) is -1.58. The van der Waals surface area contributed by atoms with Crippen LogP contribution in [0.5, 0.6) is 0 Å². The van der Waals surface area contributed by atoms with Crippen LogP contribution in [0.3, 0.4) is 0 Å². The molecule has 1 nitrogen and oxygen atoms in total. The second-order valence-corrected chi connectivity index (χ2v) is 12.1. The summed E-state index contributed by atoms with van der Waals surface area (Å²) in [5, 5.41) is 0. The Morgan fingerprint density at radius 1 is 0.950 bits per heavy atom. The van der Waals surface area contributed by atoms with E-state index >= 15 is 0 Å². The van der Waals surface area contributed by atoms with Gasteiger partial charge in [0.25, 0.3) is 0 Å². The molecule has 0 aromatic heterocycles. The molecule has 1 atom stereocenters. The Balaban J connectivity index is 4.78. The van der Waals surface area contributed by atoms with E-state index in [0.29, 0.717) is 23.2 Å². The van der Waals surface area contributed by atoms with Crippen LogP contribution in [0.15, 0.2) is 12.2 Å². The number of hydrogen-bond acceptors (Lipinski definition) is 1. The van der Waals surface area contributed by atoms with Crippen LogP contribution in [-0.4, -0.2) is 20.8 Å². The fourth-order valence-electron chi connectivity index (χ4n) is 3.18. The highest BCUT2D eigenvalue weighted by molar-refractivity contribution is 6.90. The molecule has 0 aliphatic heterocycles. The van der Waals surface area contributed by atoms with Gasteiger partial charge in [-0.1, -0.05) is 66.5 Å². The molecule has 0 fully saturated rings. The van der Waals surface area contributed by atoms with Crippen LogP contribution in [-0.2, 0) is 4.74 Å². The van der Waals surface area contributed by atoms with Crippen LogP contribution < -0.4 is 0 Å². The van der Waals surface area contributed by atoms with Gasteiger partial charge in [-0.05, 0) is 30.0 Å². The third-order valence-electron chi connectivity index (χ3n) is 4.23. The molecule has 0 saturated heterocycles. The highest BCUT2D eigenvalue weighted by Crippen LogP contribution is 2.40. The molecule has 0 amide bonds. The smallest absolute Gasteiger partial charge is 0.146 e. The van der Waals surface area contributed by atoms with Gasteiger partial charge >= 0.3 is 0 Å². The summed E-state index contributed by atoms with van der Waals surface area (Å²) in [4.78, 5) is 0. The van der Waals surface area contributed by atoms with E-state index in [9.17, 15) is 0 Å². The first-order valence-electron chi connectivity index (χ1n) is 8.07. The molecule has 0 radical (unpaired) electrons. The Morgan fingerprint density at radius 2 is 1.45 bits per heavy atom. The van der Waals surface area contributed by atoms with Gasteiger partial charge in [-0.3, -0.25) is 0 Å². The van der Waals surface area contributed by atoms with Gasteiger partial charge in [0, 0.05) is 0 Å². The SMILES string of the molecule is CC/C=C\[C@H](C)OCC#C[Si](C(C)C)(C(C)C)C(C)C. The van der Waals surface area contributed by atoms with Crippen molar-refractivity contribution >= 4 is 8.07 Å². The molecule has 20 heavy (non-hydrogen) atoms. The van der Waals surface area contributed by atoms with Crippen molar-refractivity contribution in [2.24, 2.45) is 0 Å². The lowest BCUT2D eigenvalue weighted by atomic mass is 10.3. The van der Waals surface area contributed by atoms with Crippen LogP contribution in [0.2, 0.25) is 16.6 Å². The number of allylic oxidation sites excluding steroid dienone is 1. The third-order valence-corrected chi connectivity index (χ3v) is 10.6. The fourth-order valence-corrected chi connectivity index (χ4v) is 8.42. The van der Waals surface area contributed by atoms with Crippen LogP contribution in [0.1, 0.15) is 61.8 Å². The summed E-state index contributed by atoms with van der Waals surface area (Å²) in [6.07, 6.45) is 5.48. The lowest BCUT2D eigenvalue weighted by Crippen LogP contribution is -2.43. The molecule has 0 aromatic carbocycles. The van der Waals surface area contributed by atoms with Crippen molar-refractivity contribution in [1.82, 2.24) is 0 Å². The molecular formula is C18H34OSi. The molecule has 0 N–H and O–H groups in total. The Hall–Kier alpha value is -0.523. The molecule has 0 rings (SSSR count). The third kappa shape index (κ3) is 5.46. The predicted molar refractivity (Wildman–Crippen MR) is 93.7 cm³/mol. The first-order valence-corrected chi connectivity index (χ1v) is 10.3. The van der Waals surface area contributed by atoms with Gasteiger partial charge in [0.15, 0.2) is 0 Å². The van der Waals surface area contributed by atoms with Gasteiger partial charge in [-0.25, -0.2) is 0 Å². The molecule has 0 saturated carbocycles. The average Bonchev–Trinajstić information content (AvgIpc) is 2.34. The Kier molecular flexibility index (Phi) is 9.17. The van der Waals surface area contributed by atoms with Gasteiger partial charge in [-0.15, -0.1) is 5.54 Å². The Morgan fingerprint density at radius 3 is 1.85 bits per heavy atom. The van der Waals surface area contributed by atoms with Crippen molar-refractivity contribution in [2.45, 2.75) is 84.5 Å². The van der Waals surface area contributed by atoms with Gasteiger partial charge in [0.2, 0.25) is 0 Å². The van der Waals surface area contributed by atoms with Crippen molar-refractivity contribution in [3.05, 3.63) is 12.2 Å². The number of ether oxygens (including phenoxy) is 1. The quantitative estimate of drug-likeness (QED) is 0.338. The summed E-state index contributed by atoms with van der Waals surface area (Å²) in [6.45, 7) is 18.8. The van der Waals surface area contributed by atoms with Crippen molar-refractivity contribution in [3.63, 3.8) is 0 Å². The van der Waals surface area contributed by atoms with E-state index in [1.54, 1.807) is 0 Å².